The Kier molecular flexibility index (Phi) is 15.2. The van der Waals surface area contributed by atoms with Crippen molar-refractivity contribution in [3.63, 3.8) is 0 Å². The number of ether oxygens (including phenoxy) is 3. The van der Waals surface area contributed by atoms with Crippen molar-refractivity contribution in [3.8, 4) is 0 Å². The molecule has 1 heterocycles. The highest BCUT2D eigenvalue weighted by Crippen LogP contribution is 2.38. The molecule has 1 aliphatic heterocycles. The van der Waals surface area contributed by atoms with E-state index in [0.717, 1.165) is 17.5 Å². The zero-order valence-corrected chi connectivity index (χ0v) is 33.1. The van der Waals surface area contributed by atoms with E-state index in [1.807, 2.05) is 52.0 Å². The van der Waals surface area contributed by atoms with E-state index in [1.165, 1.54) is 21.3 Å². The molecule has 0 bridgehead atoms. The third-order valence-corrected chi connectivity index (χ3v) is 11.1. The lowest BCUT2D eigenvalue weighted by atomic mass is 9.73. The number of likely N-dealkylation sites (tertiary alicyclic amines) is 1. The summed E-state index contributed by atoms with van der Waals surface area (Å²) >= 11 is 0. The molecule has 0 radical (unpaired) electrons. The maximum absolute atomic E-state index is 14.2. The molecule has 1 aromatic rings. The Morgan fingerprint density at radius 1 is 1.02 bits per heavy atom. The van der Waals surface area contributed by atoms with Gasteiger partial charge in [-0.05, 0) is 56.1 Å². The van der Waals surface area contributed by atoms with E-state index in [0.29, 0.717) is 25.8 Å². The molecule has 1 aromatic carbocycles. The second-order valence-electron chi connectivity index (χ2n) is 15.5. The van der Waals surface area contributed by atoms with Gasteiger partial charge in [0, 0.05) is 33.7 Å². The fraction of sp³-hybridized carbons (Fsp3) is 0.718. The Morgan fingerprint density at radius 2 is 1.67 bits per heavy atom. The number of nitrogens with two attached hydrogens (primary N) is 1. The summed E-state index contributed by atoms with van der Waals surface area (Å²) in [6.45, 7) is 13.2. The number of methoxy groups -OCH3 is 3. The van der Waals surface area contributed by atoms with Gasteiger partial charge in [-0.1, -0.05) is 65.3 Å². The second-order valence-corrected chi connectivity index (χ2v) is 15.5. The molecule has 0 saturated carbocycles. The van der Waals surface area contributed by atoms with Crippen molar-refractivity contribution in [2.45, 2.75) is 128 Å². The van der Waals surface area contributed by atoms with Crippen molar-refractivity contribution in [1.29, 1.82) is 0 Å². The van der Waals surface area contributed by atoms with Crippen molar-refractivity contribution < 1.29 is 38.2 Å². The van der Waals surface area contributed by atoms with E-state index in [9.17, 15) is 24.0 Å². The van der Waals surface area contributed by atoms with Crippen LogP contribution in [0.3, 0.4) is 0 Å². The molecule has 0 aromatic heterocycles. The number of esters is 1. The minimum Gasteiger partial charge on any atom is -0.467 e. The molecule has 1 fully saturated rings. The number of benzene rings is 1. The van der Waals surface area contributed by atoms with Crippen LogP contribution in [-0.4, -0.2) is 116 Å². The van der Waals surface area contributed by atoms with Crippen LogP contribution in [-0.2, 0) is 44.6 Å². The van der Waals surface area contributed by atoms with Gasteiger partial charge in [0.05, 0.1) is 49.3 Å². The number of carbonyl (C=O) groups excluding carboxylic acids is 5. The van der Waals surface area contributed by atoms with Gasteiger partial charge in [0.2, 0.25) is 23.6 Å². The van der Waals surface area contributed by atoms with E-state index in [-0.39, 0.29) is 41.9 Å². The van der Waals surface area contributed by atoms with Crippen molar-refractivity contribution in [1.82, 2.24) is 20.4 Å². The van der Waals surface area contributed by atoms with Crippen LogP contribution in [0.1, 0.15) is 91.2 Å². The van der Waals surface area contributed by atoms with Crippen molar-refractivity contribution in [2.24, 2.45) is 23.5 Å². The topological polar surface area (TPSA) is 170 Å². The highest BCUT2D eigenvalue weighted by Gasteiger charge is 2.45. The van der Waals surface area contributed by atoms with Crippen LogP contribution >= 0.6 is 0 Å². The number of hydrogen-bond acceptors (Lipinski definition) is 9. The summed E-state index contributed by atoms with van der Waals surface area (Å²) in [6, 6.07) is 5.30. The van der Waals surface area contributed by atoms with Crippen LogP contribution in [0.2, 0.25) is 0 Å². The Hall–Kier alpha value is -3.55. The predicted molar refractivity (Wildman–Crippen MR) is 198 cm³/mol. The molecule has 3 rings (SSSR count). The second kappa shape index (κ2) is 18.5. The number of carbonyl (C=O) groups is 5. The first-order valence-corrected chi connectivity index (χ1v) is 18.6. The zero-order valence-electron chi connectivity index (χ0n) is 33.1. The minimum atomic E-state index is -1.17. The first-order chi connectivity index (χ1) is 24.4. The summed E-state index contributed by atoms with van der Waals surface area (Å²) in [5.41, 5.74) is 7.01. The lowest BCUT2D eigenvalue weighted by molar-refractivity contribution is -0.149. The van der Waals surface area contributed by atoms with E-state index < -0.39 is 59.7 Å². The Morgan fingerprint density at radius 3 is 2.21 bits per heavy atom. The van der Waals surface area contributed by atoms with Crippen molar-refractivity contribution >= 4 is 29.6 Å². The predicted octanol–water partition coefficient (Wildman–Crippen LogP) is 2.78. The van der Waals surface area contributed by atoms with Crippen molar-refractivity contribution in [2.75, 3.05) is 34.9 Å². The first-order valence-electron chi connectivity index (χ1n) is 18.6. The number of amides is 4. The Labute approximate surface area is 310 Å². The normalized spacial score (nSPS) is 21.1. The van der Waals surface area contributed by atoms with E-state index in [4.69, 9.17) is 19.9 Å². The van der Waals surface area contributed by atoms with Gasteiger partial charge in [0.25, 0.3) is 0 Å². The highest BCUT2D eigenvalue weighted by molar-refractivity contribution is 5.92. The molecule has 1 saturated heterocycles. The maximum atomic E-state index is 14.2. The number of hydrogen-bond donors (Lipinski definition) is 3. The van der Waals surface area contributed by atoms with Crippen LogP contribution in [0.5, 0.6) is 0 Å². The fourth-order valence-electron chi connectivity index (χ4n) is 7.70. The standard InChI is InChI=1S/C39H63N5O8/c1-12-23(4)33(43(8)36(47)31(22(2)3)42-38(49)39(6,7)40)29(50-9)21-30(45)44-19-15-18-28(44)34(51-10)24(5)35(46)41-32(37(48)52-11)27-20-25-16-13-14-17-26(25)27/h13-14,16-17,22-24,27-29,31-34H,12,15,18-21,40H2,1-11H3,(H,41,46)(H,42,49)/t23-,24+,27+,28-,29+,31-,32+,33-,34+/m0/s1. The van der Waals surface area contributed by atoms with Gasteiger partial charge in [-0.3, -0.25) is 19.2 Å². The van der Waals surface area contributed by atoms with Crippen LogP contribution in [0, 0.1) is 17.8 Å². The number of nitrogens with zero attached hydrogens (tertiary/aromatic N) is 2. The largest absolute Gasteiger partial charge is 0.467 e. The molecule has 292 valence electrons. The van der Waals surface area contributed by atoms with Crippen LogP contribution < -0.4 is 16.4 Å². The molecular weight excluding hydrogens is 666 g/mol. The average molecular weight is 730 g/mol. The summed E-state index contributed by atoms with van der Waals surface area (Å²) in [5, 5.41) is 5.77. The fourth-order valence-corrected chi connectivity index (χ4v) is 7.70. The molecule has 2 aliphatic rings. The van der Waals surface area contributed by atoms with E-state index >= 15 is 0 Å². The number of fused-ring (bicyclic) bond motifs is 1. The average Bonchev–Trinajstić information content (AvgIpc) is 3.58. The van der Waals surface area contributed by atoms with Crippen LogP contribution in [0.15, 0.2) is 24.3 Å². The van der Waals surface area contributed by atoms with Crippen molar-refractivity contribution in [3.05, 3.63) is 35.4 Å². The molecule has 9 atom stereocenters. The van der Waals surface area contributed by atoms with E-state index in [2.05, 4.69) is 10.6 Å². The molecule has 13 heteroatoms. The summed E-state index contributed by atoms with van der Waals surface area (Å²) in [6.07, 6.45) is 1.44. The smallest absolute Gasteiger partial charge is 0.329 e. The molecular formula is C39H63N5O8. The summed E-state index contributed by atoms with van der Waals surface area (Å²) < 4.78 is 17.0. The SMILES string of the molecule is CC[C@H](C)[C@@H]([C@@H](CC(=O)N1CCC[C@H]1[C@H](OC)[C@@H](C)C(=O)N[C@@H](C(=O)OC)[C@@H]1Cc2ccccc21)OC)N(C)C(=O)[C@@H](NC(=O)C(C)(C)N)C(C)C. The quantitative estimate of drug-likeness (QED) is 0.193. The number of nitrogens with one attached hydrogen (secondary N) is 2. The lowest BCUT2D eigenvalue weighted by Gasteiger charge is -2.41. The van der Waals surface area contributed by atoms with Gasteiger partial charge in [-0.2, -0.15) is 0 Å². The molecule has 0 spiro atoms. The van der Waals surface area contributed by atoms with Crippen LogP contribution in [0.25, 0.3) is 0 Å². The van der Waals surface area contributed by atoms with Gasteiger partial charge in [-0.15, -0.1) is 0 Å². The minimum absolute atomic E-state index is 0.00330. The molecule has 52 heavy (non-hydrogen) atoms. The zero-order chi connectivity index (χ0) is 39.1. The van der Waals surface area contributed by atoms with Gasteiger partial charge in [0.15, 0.2) is 0 Å². The molecule has 1 aliphatic carbocycles. The van der Waals surface area contributed by atoms with Gasteiger partial charge >= 0.3 is 5.97 Å². The summed E-state index contributed by atoms with van der Waals surface area (Å²) in [5.74, 6) is -2.92. The third kappa shape index (κ3) is 9.70. The Bertz CT molecular complexity index is 1410. The highest BCUT2D eigenvalue weighted by atomic mass is 16.5. The Balaban J connectivity index is 1.78. The van der Waals surface area contributed by atoms with Gasteiger partial charge in [0.1, 0.15) is 12.1 Å². The molecule has 0 unspecified atom stereocenters. The number of likely N-dealkylation sites (N-methyl/N-ethyl adjacent to an activating group) is 1. The third-order valence-electron chi connectivity index (χ3n) is 11.1. The molecule has 13 nitrogen and oxygen atoms in total. The first kappa shape index (κ1) is 42.9. The van der Waals surface area contributed by atoms with Gasteiger partial charge < -0.3 is 40.4 Å². The monoisotopic (exact) mass is 729 g/mol. The van der Waals surface area contributed by atoms with Gasteiger partial charge in [-0.25, -0.2) is 4.79 Å². The lowest BCUT2D eigenvalue weighted by Crippen LogP contribution is -2.60. The molecule has 4 amide bonds. The number of rotatable bonds is 18. The van der Waals surface area contributed by atoms with Crippen LogP contribution in [0.4, 0.5) is 0 Å². The maximum Gasteiger partial charge on any atom is 0.329 e. The molecule has 4 N–H and O–H groups in total. The summed E-state index contributed by atoms with van der Waals surface area (Å²) in [4.78, 5) is 70.9. The summed E-state index contributed by atoms with van der Waals surface area (Å²) in [7, 11) is 6.07. The van der Waals surface area contributed by atoms with E-state index in [1.54, 1.807) is 37.6 Å².